The molecule has 94 valence electrons. The predicted octanol–water partition coefficient (Wildman–Crippen LogP) is 5.05. The highest BCUT2D eigenvalue weighted by molar-refractivity contribution is 9.10. The highest BCUT2D eigenvalue weighted by Crippen LogP contribution is 2.32. The van der Waals surface area contributed by atoms with E-state index in [9.17, 15) is 0 Å². The topological polar surface area (TPSA) is 38.0 Å². The number of nitrogen functional groups attached to an aromatic ring is 1. The molecule has 0 aliphatic carbocycles. The molecule has 0 saturated carbocycles. The van der Waals surface area contributed by atoms with Crippen LogP contribution in [-0.4, -0.2) is 0 Å². The SMILES string of the molecule is Cc1cc(N)cc(Nc2cc(Cl)c(C)cc2Br)c1. The van der Waals surface area contributed by atoms with Gasteiger partial charge in [-0.3, -0.25) is 0 Å². The van der Waals surface area contributed by atoms with Crippen molar-refractivity contribution in [3.05, 3.63) is 51.0 Å². The Balaban J connectivity index is 2.36. The van der Waals surface area contributed by atoms with E-state index in [4.69, 9.17) is 17.3 Å². The maximum absolute atomic E-state index is 6.13. The molecule has 2 aromatic rings. The van der Waals surface area contributed by atoms with Crippen LogP contribution in [0.2, 0.25) is 5.02 Å². The fourth-order valence-corrected chi connectivity index (χ4v) is 2.50. The molecule has 0 aliphatic rings. The Kier molecular flexibility index (Phi) is 3.83. The van der Waals surface area contributed by atoms with E-state index in [2.05, 4.69) is 21.2 Å². The lowest BCUT2D eigenvalue weighted by atomic mass is 10.2. The fourth-order valence-electron chi connectivity index (χ4n) is 1.78. The van der Waals surface area contributed by atoms with Gasteiger partial charge in [-0.1, -0.05) is 11.6 Å². The number of hydrogen-bond acceptors (Lipinski definition) is 2. The first-order valence-corrected chi connectivity index (χ1v) is 6.72. The quantitative estimate of drug-likeness (QED) is 0.759. The van der Waals surface area contributed by atoms with Gasteiger partial charge in [0.05, 0.1) is 5.69 Å². The van der Waals surface area contributed by atoms with Gasteiger partial charge in [0.1, 0.15) is 0 Å². The molecule has 0 unspecified atom stereocenters. The van der Waals surface area contributed by atoms with E-state index in [1.165, 1.54) is 0 Å². The van der Waals surface area contributed by atoms with Gasteiger partial charge < -0.3 is 11.1 Å². The summed E-state index contributed by atoms with van der Waals surface area (Å²) in [6, 6.07) is 9.76. The lowest BCUT2D eigenvalue weighted by Gasteiger charge is -2.12. The largest absolute Gasteiger partial charge is 0.399 e. The number of nitrogens with one attached hydrogen (secondary N) is 1. The zero-order chi connectivity index (χ0) is 13.3. The molecular weight excluding hydrogens is 312 g/mol. The summed E-state index contributed by atoms with van der Waals surface area (Å²) in [5, 5.41) is 4.05. The van der Waals surface area contributed by atoms with Crippen LogP contribution in [0.1, 0.15) is 11.1 Å². The van der Waals surface area contributed by atoms with Crippen molar-refractivity contribution >= 4 is 44.6 Å². The second-order valence-corrected chi connectivity index (χ2v) is 5.60. The second kappa shape index (κ2) is 5.21. The molecule has 4 heteroatoms. The molecule has 0 saturated heterocycles. The van der Waals surface area contributed by atoms with Crippen molar-refractivity contribution in [3.8, 4) is 0 Å². The third kappa shape index (κ3) is 2.98. The van der Waals surface area contributed by atoms with E-state index < -0.39 is 0 Å². The molecule has 0 bridgehead atoms. The van der Waals surface area contributed by atoms with Crippen molar-refractivity contribution in [2.75, 3.05) is 11.1 Å². The van der Waals surface area contributed by atoms with Crippen LogP contribution in [0.3, 0.4) is 0 Å². The lowest BCUT2D eigenvalue weighted by molar-refractivity contribution is 1.41. The Bertz CT molecular complexity index is 576. The Hall–Kier alpha value is -1.19. The van der Waals surface area contributed by atoms with Crippen molar-refractivity contribution in [1.82, 2.24) is 0 Å². The molecular formula is C14H14BrClN2. The summed E-state index contributed by atoms with van der Waals surface area (Å²) in [4.78, 5) is 0. The smallest absolute Gasteiger partial charge is 0.0543 e. The van der Waals surface area contributed by atoms with Gasteiger partial charge in [-0.25, -0.2) is 0 Å². The number of rotatable bonds is 2. The van der Waals surface area contributed by atoms with E-state index >= 15 is 0 Å². The summed E-state index contributed by atoms with van der Waals surface area (Å²) < 4.78 is 0.976. The zero-order valence-corrected chi connectivity index (χ0v) is 12.6. The van der Waals surface area contributed by atoms with Crippen LogP contribution in [0.15, 0.2) is 34.8 Å². The van der Waals surface area contributed by atoms with Gasteiger partial charge in [0.2, 0.25) is 0 Å². The van der Waals surface area contributed by atoms with E-state index in [1.807, 2.05) is 44.2 Å². The molecule has 0 aliphatic heterocycles. The normalized spacial score (nSPS) is 10.4. The van der Waals surface area contributed by atoms with Gasteiger partial charge in [-0.2, -0.15) is 0 Å². The van der Waals surface area contributed by atoms with Gasteiger partial charge in [-0.05, 0) is 71.2 Å². The van der Waals surface area contributed by atoms with Gasteiger partial charge in [-0.15, -0.1) is 0 Å². The molecule has 0 aromatic heterocycles. The number of benzene rings is 2. The first kappa shape index (κ1) is 13.2. The van der Waals surface area contributed by atoms with E-state index in [0.717, 1.165) is 37.7 Å². The first-order valence-electron chi connectivity index (χ1n) is 5.55. The molecule has 2 aromatic carbocycles. The monoisotopic (exact) mass is 324 g/mol. The van der Waals surface area contributed by atoms with E-state index in [1.54, 1.807) is 0 Å². The fraction of sp³-hybridized carbons (Fsp3) is 0.143. The highest BCUT2D eigenvalue weighted by Gasteiger charge is 2.05. The van der Waals surface area contributed by atoms with Gasteiger partial charge in [0, 0.05) is 20.9 Å². The van der Waals surface area contributed by atoms with Crippen molar-refractivity contribution in [3.63, 3.8) is 0 Å². The molecule has 3 N–H and O–H groups in total. The van der Waals surface area contributed by atoms with Gasteiger partial charge >= 0.3 is 0 Å². The third-order valence-electron chi connectivity index (χ3n) is 2.63. The van der Waals surface area contributed by atoms with Crippen LogP contribution in [0, 0.1) is 13.8 Å². The summed E-state index contributed by atoms with van der Waals surface area (Å²) in [5.74, 6) is 0. The molecule has 2 nitrogen and oxygen atoms in total. The standard InChI is InChI=1S/C14H14BrClN2/c1-8-3-10(17)6-11(4-8)18-14-7-13(16)9(2)5-12(14)15/h3-7,18H,17H2,1-2H3. The molecule has 18 heavy (non-hydrogen) atoms. The Morgan fingerprint density at radius 1 is 1.11 bits per heavy atom. The summed E-state index contributed by atoms with van der Waals surface area (Å²) in [7, 11) is 0. The number of aryl methyl sites for hydroxylation is 2. The molecule has 0 radical (unpaired) electrons. The van der Waals surface area contributed by atoms with E-state index in [0.29, 0.717) is 0 Å². The minimum absolute atomic E-state index is 0.737. The maximum atomic E-state index is 6.13. The van der Waals surface area contributed by atoms with Crippen molar-refractivity contribution in [2.45, 2.75) is 13.8 Å². The summed E-state index contributed by atoms with van der Waals surface area (Å²) in [6.45, 7) is 3.99. The van der Waals surface area contributed by atoms with Crippen LogP contribution >= 0.6 is 27.5 Å². The van der Waals surface area contributed by atoms with Crippen molar-refractivity contribution in [1.29, 1.82) is 0 Å². The summed E-state index contributed by atoms with van der Waals surface area (Å²) >= 11 is 9.65. The van der Waals surface area contributed by atoms with Crippen molar-refractivity contribution < 1.29 is 0 Å². The third-order valence-corrected chi connectivity index (χ3v) is 3.69. The molecule has 0 fully saturated rings. The van der Waals surface area contributed by atoms with Crippen LogP contribution in [0.4, 0.5) is 17.1 Å². The number of anilines is 3. The average Bonchev–Trinajstić information content (AvgIpc) is 2.24. The van der Waals surface area contributed by atoms with Gasteiger partial charge in [0.15, 0.2) is 0 Å². The molecule has 0 spiro atoms. The Morgan fingerprint density at radius 3 is 2.50 bits per heavy atom. The summed E-state index contributed by atoms with van der Waals surface area (Å²) in [5.41, 5.74) is 10.6. The number of hydrogen-bond donors (Lipinski definition) is 2. The number of nitrogens with two attached hydrogens (primary N) is 1. The zero-order valence-electron chi connectivity index (χ0n) is 10.2. The minimum Gasteiger partial charge on any atom is -0.399 e. The van der Waals surface area contributed by atoms with E-state index in [-0.39, 0.29) is 0 Å². The van der Waals surface area contributed by atoms with Crippen LogP contribution in [0.25, 0.3) is 0 Å². The summed E-state index contributed by atoms with van der Waals surface area (Å²) in [6.07, 6.45) is 0. The van der Waals surface area contributed by atoms with Crippen LogP contribution in [0.5, 0.6) is 0 Å². The van der Waals surface area contributed by atoms with Crippen molar-refractivity contribution in [2.24, 2.45) is 0 Å². The lowest BCUT2D eigenvalue weighted by Crippen LogP contribution is -1.95. The minimum atomic E-state index is 0.737. The van der Waals surface area contributed by atoms with Crippen LogP contribution < -0.4 is 11.1 Å². The molecule has 0 heterocycles. The molecule has 2 rings (SSSR count). The predicted molar refractivity (Wildman–Crippen MR) is 82.8 cm³/mol. The molecule has 0 amide bonds. The Labute approximate surface area is 120 Å². The average molecular weight is 326 g/mol. The first-order chi connectivity index (χ1) is 8.45. The number of halogens is 2. The highest BCUT2D eigenvalue weighted by atomic mass is 79.9. The second-order valence-electron chi connectivity index (χ2n) is 4.34. The van der Waals surface area contributed by atoms with Gasteiger partial charge in [0.25, 0.3) is 0 Å². The Morgan fingerprint density at radius 2 is 1.83 bits per heavy atom. The molecule has 0 atom stereocenters. The van der Waals surface area contributed by atoms with Crippen LogP contribution in [-0.2, 0) is 0 Å². The maximum Gasteiger partial charge on any atom is 0.0543 e.